The molecule has 7 heteroatoms. The zero-order valence-electron chi connectivity index (χ0n) is 19.8. The van der Waals surface area contributed by atoms with Crippen LogP contribution in [0.1, 0.15) is 80.1 Å². The van der Waals surface area contributed by atoms with Crippen LogP contribution in [-0.2, 0) is 19.6 Å². The first kappa shape index (κ1) is 29.4. The topological polar surface area (TPSA) is 95.9 Å². The average molecular weight is 448 g/mol. The molecule has 6 nitrogen and oxygen atoms in total. The summed E-state index contributed by atoms with van der Waals surface area (Å²) >= 11 is 0. The summed E-state index contributed by atoms with van der Waals surface area (Å²) in [6.07, 6.45) is 4.21. The van der Waals surface area contributed by atoms with E-state index in [-0.39, 0.29) is 17.8 Å². The van der Waals surface area contributed by atoms with Gasteiger partial charge >= 0.3 is 0 Å². The highest BCUT2D eigenvalue weighted by Crippen LogP contribution is 2.31. The maximum atomic E-state index is 10.6. The molecule has 0 aliphatic carbocycles. The first-order valence-electron chi connectivity index (χ1n) is 11.1. The molecule has 0 aliphatic heterocycles. The average Bonchev–Trinajstić information content (AvgIpc) is 2.59. The van der Waals surface area contributed by atoms with Crippen LogP contribution in [0.3, 0.4) is 0 Å². The summed E-state index contributed by atoms with van der Waals surface area (Å²) in [5.74, 6) is 7.47. The second-order valence-corrected chi connectivity index (χ2v) is 11.0. The van der Waals surface area contributed by atoms with E-state index in [1.165, 1.54) is 0 Å². The fourth-order valence-corrected chi connectivity index (χ4v) is 4.26. The standard InChI is InChI=1S/C23H44O6S/c1-20(2)18-22(5,10-9-13-24)11-12-23(6,19-21(3)4)29-16-15-28-14-7-8-17-30(25,26)27/h20-21,24H,7-10,13-19H2,1-6H3,(H,25,26,27)/p-1. The van der Waals surface area contributed by atoms with Gasteiger partial charge in [0.2, 0.25) is 0 Å². The molecule has 2 unspecified atom stereocenters. The number of aliphatic hydroxyl groups is 1. The molecule has 0 fully saturated rings. The fourth-order valence-electron chi connectivity index (χ4n) is 3.70. The molecule has 0 aromatic rings. The number of unbranched alkanes of at least 4 members (excludes halogenated alkanes) is 1. The van der Waals surface area contributed by atoms with Crippen molar-refractivity contribution in [2.45, 2.75) is 85.7 Å². The lowest BCUT2D eigenvalue weighted by Gasteiger charge is -2.29. The number of aliphatic hydroxyl groups excluding tert-OH is 1. The zero-order valence-corrected chi connectivity index (χ0v) is 20.6. The summed E-state index contributed by atoms with van der Waals surface area (Å²) < 4.78 is 43.3. The van der Waals surface area contributed by atoms with Gasteiger partial charge in [0.15, 0.2) is 0 Å². The molecule has 0 aliphatic rings. The largest absolute Gasteiger partial charge is 0.748 e. The van der Waals surface area contributed by atoms with Crippen molar-refractivity contribution >= 4 is 10.1 Å². The molecule has 2 atom stereocenters. The maximum Gasteiger partial charge on any atom is 0.126 e. The summed E-state index contributed by atoms with van der Waals surface area (Å²) in [5.41, 5.74) is -0.734. The Bertz CT molecular complexity index is 619. The molecule has 30 heavy (non-hydrogen) atoms. The predicted molar refractivity (Wildman–Crippen MR) is 120 cm³/mol. The minimum atomic E-state index is -4.14. The Morgan fingerprint density at radius 1 is 0.933 bits per heavy atom. The molecule has 0 saturated heterocycles. The van der Waals surface area contributed by atoms with Crippen molar-refractivity contribution in [2.24, 2.45) is 17.3 Å². The van der Waals surface area contributed by atoms with Crippen molar-refractivity contribution in [1.82, 2.24) is 0 Å². The quantitative estimate of drug-likeness (QED) is 0.218. The highest BCUT2D eigenvalue weighted by Gasteiger charge is 2.27. The predicted octanol–water partition coefficient (Wildman–Crippen LogP) is 3.98. The molecule has 0 aromatic carbocycles. The molecule has 178 valence electrons. The third kappa shape index (κ3) is 16.1. The van der Waals surface area contributed by atoms with Crippen LogP contribution in [-0.4, -0.2) is 55.9 Å². The van der Waals surface area contributed by atoms with Crippen LogP contribution in [0.15, 0.2) is 0 Å². The van der Waals surface area contributed by atoms with Gasteiger partial charge in [-0.05, 0) is 64.2 Å². The molecular formula is C23H43O6S-. The molecule has 0 bridgehead atoms. The van der Waals surface area contributed by atoms with Gasteiger partial charge in [0.05, 0.1) is 23.3 Å². The molecule has 0 aromatic heterocycles. The lowest BCUT2D eigenvalue weighted by molar-refractivity contribution is -0.0332. The van der Waals surface area contributed by atoms with Crippen molar-refractivity contribution in [1.29, 1.82) is 0 Å². The Morgan fingerprint density at radius 3 is 2.10 bits per heavy atom. The molecule has 0 spiro atoms. The van der Waals surface area contributed by atoms with Crippen molar-refractivity contribution in [3.63, 3.8) is 0 Å². The van der Waals surface area contributed by atoms with Crippen LogP contribution in [0.25, 0.3) is 0 Å². The molecule has 0 saturated carbocycles. The summed E-state index contributed by atoms with van der Waals surface area (Å²) in [6, 6.07) is 0. The molecule has 1 N–H and O–H groups in total. The van der Waals surface area contributed by atoms with E-state index >= 15 is 0 Å². The van der Waals surface area contributed by atoms with Crippen LogP contribution in [0.2, 0.25) is 0 Å². The van der Waals surface area contributed by atoms with Gasteiger partial charge in [-0.25, -0.2) is 8.42 Å². The van der Waals surface area contributed by atoms with E-state index in [4.69, 9.17) is 9.47 Å². The molecule has 0 radical (unpaired) electrons. The van der Waals surface area contributed by atoms with Gasteiger partial charge in [0.25, 0.3) is 0 Å². The molecule has 0 amide bonds. The van der Waals surface area contributed by atoms with Gasteiger partial charge in [-0.15, -0.1) is 0 Å². The van der Waals surface area contributed by atoms with E-state index in [1.807, 2.05) is 6.92 Å². The highest BCUT2D eigenvalue weighted by atomic mass is 32.2. The highest BCUT2D eigenvalue weighted by molar-refractivity contribution is 7.85. The first-order valence-corrected chi connectivity index (χ1v) is 12.7. The van der Waals surface area contributed by atoms with Gasteiger partial charge in [0, 0.05) is 24.4 Å². The Labute approximate surface area is 184 Å². The third-order valence-corrected chi connectivity index (χ3v) is 5.54. The second-order valence-electron chi connectivity index (χ2n) is 9.49. The summed E-state index contributed by atoms with van der Waals surface area (Å²) in [5, 5.41) is 9.24. The Kier molecular flexibility index (Phi) is 14.1. The minimum absolute atomic E-state index is 0.156. The monoisotopic (exact) mass is 447 g/mol. The van der Waals surface area contributed by atoms with E-state index in [9.17, 15) is 18.1 Å². The summed E-state index contributed by atoms with van der Waals surface area (Å²) in [4.78, 5) is 0. The van der Waals surface area contributed by atoms with Gasteiger partial charge < -0.3 is 19.1 Å². The van der Waals surface area contributed by atoms with Crippen molar-refractivity contribution in [3.8, 4) is 11.8 Å². The smallest absolute Gasteiger partial charge is 0.126 e. The van der Waals surface area contributed by atoms with Crippen LogP contribution in [0.4, 0.5) is 0 Å². The van der Waals surface area contributed by atoms with E-state index < -0.39 is 15.7 Å². The van der Waals surface area contributed by atoms with Crippen molar-refractivity contribution in [2.75, 3.05) is 32.2 Å². The van der Waals surface area contributed by atoms with Crippen LogP contribution in [0.5, 0.6) is 0 Å². The van der Waals surface area contributed by atoms with Gasteiger partial charge in [-0.1, -0.05) is 39.5 Å². The lowest BCUT2D eigenvalue weighted by atomic mass is 9.78. The summed E-state index contributed by atoms with van der Waals surface area (Å²) in [7, 11) is -4.14. The fraction of sp³-hybridized carbons (Fsp3) is 0.913. The first-order chi connectivity index (χ1) is 13.8. The normalized spacial score (nSPS) is 16.2. The Morgan fingerprint density at radius 2 is 1.57 bits per heavy atom. The number of ether oxygens (including phenoxy) is 2. The second kappa shape index (κ2) is 14.4. The molecule has 0 heterocycles. The lowest BCUT2D eigenvalue weighted by Crippen LogP contribution is -2.31. The minimum Gasteiger partial charge on any atom is -0.748 e. The maximum absolute atomic E-state index is 10.6. The Hall–Kier alpha value is -0.650. The van der Waals surface area contributed by atoms with Gasteiger partial charge in [-0.3, -0.25) is 0 Å². The van der Waals surface area contributed by atoms with Gasteiger partial charge in [0.1, 0.15) is 5.60 Å². The third-order valence-electron chi connectivity index (χ3n) is 4.75. The number of rotatable bonds is 16. The van der Waals surface area contributed by atoms with Crippen LogP contribution in [0, 0.1) is 29.1 Å². The van der Waals surface area contributed by atoms with E-state index in [0.717, 1.165) is 25.7 Å². The van der Waals surface area contributed by atoms with Crippen molar-refractivity contribution < 1.29 is 27.6 Å². The van der Waals surface area contributed by atoms with E-state index in [0.29, 0.717) is 44.5 Å². The summed E-state index contributed by atoms with van der Waals surface area (Å²) in [6.45, 7) is 14.2. The number of hydrogen-bond acceptors (Lipinski definition) is 6. The SMILES string of the molecule is CC(C)CC(C)(C#CC(C)(CC(C)C)OCCOCCCCS(=O)(=O)[O-])CCCO. The zero-order chi connectivity index (χ0) is 23.3. The van der Waals surface area contributed by atoms with E-state index in [1.54, 1.807) is 0 Å². The van der Waals surface area contributed by atoms with Gasteiger partial charge in [-0.2, -0.15) is 0 Å². The molecular weight excluding hydrogens is 404 g/mol. The van der Waals surface area contributed by atoms with Crippen LogP contribution < -0.4 is 0 Å². The number of hydrogen-bond donors (Lipinski definition) is 1. The van der Waals surface area contributed by atoms with E-state index in [2.05, 4.69) is 46.5 Å². The van der Waals surface area contributed by atoms with Crippen LogP contribution >= 0.6 is 0 Å². The molecule has 0 rings (SSSR count). The Balaban J connectivity index is 4.78. The van der Waals surface area contributed by atoms with Crippen molar-refractivity contribution in [3.05, 3.63) is 0 Å².